The summed E-state index contributed by atoms with van der Waals surface area (Å²) < 4.78 is 0. The third-order valence-electron chi connectivity index (χ3n) is 5.70. The lowest BCUT2D eigenvalue weighted by Gasteiger charge is -2.27. The van der Waals surface area contributed by atoms with Gasteiger partial charge in [-0.25, -0.2) is 0 Å². The van der Waals surface area contributed by atoms with E-state index < -0.39 is 13.2 Å². The molecule has 0 amide bonds. The first-order valence-corrected chi connectivity index (χ1v) is 13.8. The Morgan fingerprint density at radius 3 is 1.97 bits per heavy atom. The Balaban J connectivity index is 0.000000242. The van der Waals surface area contributed by atoms with Gasteiger partial charge in [0.1, 0.15) is 5.52 Å². The third-order valence-corrected chi connectivity index (χ3v) is 10.6. The predicted molar refractivity (Wildman–Crippen MR) is 131 cm³/mol. The lowest BCUT2D eigenvalue weighted by Crippen LogP contribution is -2.22. The molecular weight excluding hydrogens is 405 g/mol. The number of carbonyl (C=O) groups excluding carboxylic acids is 1. The molecule has 1 aromatic heterocycles. The van der Waals surface area contributed by atoms with Gasteiger partial charge in [0.15, 0.2) is 0 Å². The molecule has 0 saturated carbocycles. The fraction of sp³-hybridized carbons (Fsp3) is 0.480. The van der Waals surface area contributed by atoms with Gasteiger partial charge in [0.05, 0.1) is 35.3 Å². The number of fused-ring (bicyclic) bond motifs is 1. The predicted octanol–water partition coefficient (Wildman–Crippen LogP) is 5.05. The number of H-pyrrole nitrogens is 1. The maximum Gasteiger partial charge on any atom is 0.121 e. The van der Waals surface area contributed by atoms with E-state index in [4.69, 9.17) is 0 Å². The van der Waals surface area contributed by atoms with Crippen LogP contribution in [0.25, 0.3) is 11.0 Å². The number of hydrogen-bond acceptors (Lipinski definition) is 4. The van der Waals surface area contributed by atoms with E-state index in [0.29, 0.717) is 11.0 Å². The molecule has 0 aliphatic carbocycles. The molecule has 3 rings (SSSR count). The topological polar surface area (TPSA) is 81.7 Å². The monoisotopic (exact) mass is 441 g/mol. The molecule has 0 atom stereocenters. The van der Waals surface area contributed by atoms with Gasteiger partial charge in [0, 0.05) is 12.8 Å². The van der Waals surface area contributed by atoms with E-state index in [2.05, 4.69) is 66.5 Å². The third kappa shape index (κ3) is 7.14. The summed E-state index contributed by atoms with van der Waals surface area (Å²) in [6.45, 7) is 7.00. The summed E-state index contributed by atoms with van der Waals surface area (Å²) in [4.78, 5) is 10.5. The maximum absolute atomic E-state index is 10.5. The molecule has 5 nitrogen and oxygen atoms in total. The molecule has 0 fully saturated rings. The minimum atomic E-state index is -1.24. The number of aromatic nitrogens is 3. The highest BCUT2D eigenvalue weighted by Gasteiger charge is 2.37. The number of nitrogens with zero attached hydrogens (tertiary/aromatic N) is 2. The molecule has 31 heavy (non-hydrogen) atoms. The van der Waals surface area contributed by atoms with E-state index >= 15 is 0 Å². The molecule has 6 heteroatoms. The minimum Gasteiger partial charge on any atom is -0.545 e. The van der Waals surface area contributed by atoms with Crippen molar-refractivity contribution in [1.82, 2.24) is 15.4 Å². The molecule has 0 aliphatic rings. The van der Waals surface area contributed by atoms with Gasteiger partial charge in [-0.3, -0.25) is 5.10 Å². The van der Waals surface area contributed by atoms with Gasteiger partial charge < -0.3 is 9.90 Å². The molecule has 2 aromatic carbocycles. The zero-order valence-electron chi connectivity index (χ0n) is 19.1. The number of hydrogen-bond donors (Lipinski definition) is 1. The number of rotatable bonds is 11. The van der Waals surface area contributed by atoms with E-state index in [9.17, 15) is 9.90 Å². The van der Waals surface area contributed by atoms with Crippen molar-refractivity contribution in [3.05, 3.63) is 54.1 Å². The van der Waals surface area contributed by atoms with Crippen molar-refractivity contribution >= 4 is 29.6 Å². The highest BCUT2D eigenvalue weighted by molar-refractivity contribution is 7.82. The van der Waals surface area contributed by atoms with Crippen LogP contribution in [0.4, 0.5) is 0 Å². The van der Waals surface area contributed by atoms with Gasteiger partial charge in [0.2, 0.25) is 0 Å². The highest BCUT2D eigenvalue weighted by atomic mass is 31.2. The average Bonchev–Trinajstić information content (AvgIpc) is 3.29. The molecular formula is C25H36N3O2P. The molecule has 0 bridgehead atoms. The number of unbranched alkanes of at least 4 members (excludes halogenated alkanes) is 3. The zero-order chi connectivity index (χ0) is 22.5. The summed E-state index contributed by atoms with van der Waals surface area (Å²) in [5.74, 6) is -1.24. The second-order valence-corrected chi connectivity index (χ2v) is 12.2. The normalized spacial score (nSPS) is 11.2. The largest absolute Gasteiger partial charge is 0.545 e. The second-order valence-electron chi connectivity index (χ2n) is 8.01. The van der Waals surface area contributed by atoms with E-state index in [1.807, 2.05) is 0 Å². The summed E-state index contributed by atoms with van der Waals surface area (Å²) in [7, 11) is -0.898. The Labute approximate surface area is 187 Å². The number of aromatic carboxylic acids is 1. The van der Waals surface area contributed by atoms with E-state index in [0.717, 1.165) is 0 Å². The van der Waals surface area contributed by atoms with Gasteiger partial charge in [-0.15, -0.1) is 5.10 Å². The van der Waals surface area contributed by atoms with Crippen molar-refractivity contribution in [2.45, 2.75) is 59.3 Å². The van der Waals surface area contributed by atoms with Crippen LogP contribution >= 0.6 is 7.26 Å². The molecule has 1 N–H and O–H groups in total. The fourth-order valence-electron chi connectivity index (χ4n) is 3.88. The van der Waals surface area contributed by atoms with Crippen LogP contribution in [-0.2, 0) is 0 Å². The van der Waals surface area contributed by atoms with Crippen molar-refractivity contribution in [2.75, 3.05) is 18.5 Å². The van der Waals surface area contributed by atoms with Crippen LogP contribution in [-0.4, -0.2) is 39.9 Å². The van der Waals surface area contributed by atoms with Gasteiger partial charge in [0.25, 0.3) is 0 Å². The van der Waals surface area contributed by atoms with Crippen LogP contribution < -0.4 is 10.4 Å². The summed E-state index contributed by atoms with van der Waals surface area (Å²) in [5, 5.41) is 21.9. The van der Waals surface area contributed by atoms with Crippen molar-refractivity contribution in [1.29, 1.82) is 0 Å². The van der Waals surface area contributed by atoms with Crippen molar-refractivity contribution < 1.29 is 9.90 Å². The van der Waals surface area contributed by atoms with Crippen LogP contribution in [0, 0.1) is 0 Å². The minimum absolute atomic E-state index is 0.0567. The lowest BCUT2D eigenvalue weighted by molar-refractivity contribution is -0.254. The zero-order valence-corrected chi connectivity index (χ0v) is 20.0. The Morgan fingerprint density at radius 2 is 1.45 bits per heavy atom. The van der Waals surface area contributed by atoms with Gasteiger partial charge in [-0.2, -0.15) is 0 Å². The Kier molecular flexibility index (Phi) is 10.7. The molecule has 0 unspecified atom stereocenters. The van der Waals surface area contributed by atoms with Crippen molar-refractivity contribution in [2.24, 2.45) is 0 Å². The van der Waals surface area contributed by atoms with Gasteiger partial charge in [-0.1, -0.05) is 75.6 Å². The Morgan fingerprint density at radius 1 is 0.871 bits per heavy atom. The van der Waals surface area contributed by atoms with Crippen LogP contribution in [0.15, 0.2) is 48.5 Å². The summed E-state index contributed by atoms with van der Waals surface area (Å²) in [6, 6.07) is 16.2. The average molecular weight is 442 g/mol. The summed E-state index contributed by atoms with van der Waals surface area (Å²) >= 11 is 0. The summed E-state index contributed by atoms with van der Waals surface area (Å²) in [5.41, 5.74) is 0.982. The number of carboxylic acid groups (broad SMARTS) is 1. The maximum atomic E-state index is 10.5. The number of carbonyl (C=O) groups is 1. The van der Waals surface area contributed by atoms with Crippen LogP contribution in [0.3, 0.4) is 0 Å². The number of benzene rings is 2. The smallest absolute Gasteiger partial charge is 0.121 e. The molecule has 168 valence electrons. The van der Waals surface area contributed by atoms with E-state index in [1.165, 1.54) is 63.1 Å². The fourth-order valence-corrected chi connectivity index (χ4v) is 8.90. The van der Waals surface area contributed by atoms with E-state index in [-0.39, 0.29) is 5.56 Å². The Bertz CT molecular complexity index is 890. The van der Waals surface area contributed by atoms with Crippen molar-refractivity contribution in [3.8, 4) is 0 Å². The molecule has 3 aromatic rings. The molecule has 0 radical (unpaired) electrons. The quantitative estimate of drug-likeness (QED) is 0.422. The first-order chi connectivity index (χ1) is 15.1. The lowest BCUT2D eigenvalue weighted by atomic mass is 10.2. The first kappa shape index (κ1) is 25.0. The summed E-state index contributed by atoms with van der Waals surface area (Å²) in [6.07, 6.45) is 12.7. The Hall–Kier alpha value is -2.26. The van der Waals surface area contributed by atoms with Gasteiger partial charge >= 0.3 is 0 Å². The van der Waals surface area contributed by atoms with E-state index in [1.54, 1.807) is 17.4 Å². The number of nitrogens with one attached hydrogen (secondary N) is 1. The first-order valence-electron chi connectivity index (χ1n) is 11.5. The van der Waals surface area contributed by atoms with Gasteiger partial charge in [-0.05, 0) is 37.5 Å². The number of aromatic amines is 1. The highest BCUT2D eigenvalue weighted by Crippen LogP contribution is 2.59. The molecule has 0 saturated heterocycles. The molecule has 0 spiro atoms. The van der Waals surface area contributed by atoms with Crippen LogP contribution in [0.1, 0.15) is 69.7 Å². The SMILES string of the molecule is CCCC[P+](CCCC)(CCCC)c1ccccc1.O=C([O-])c1cccc2[nH]nnc12. The molecule has 1 heterocycles. The number of carboxylic acids is 1. The second kappa shape index (κ2) is 13.2. The molecule has 0 aliphatic heterocycles. The van der Waals surface area contributed by atoms with Crippen molar-refractivity contribution in [3.63, 3.8) is 0 Å². The standard InChI is InChI=1S/C18H32P.C7H5N3O2/c1-4-7-15-19(16-8-5-2,17-9-6-3)18-13-11-10-12-14-18;11-7(12)4-2-1-3-5-6(4)9-10-8-5/h10-14H,4-9,15-17H2,1-3H3;1-3H,(H,11,12)(H,8,9,10)/q+1;/p-1. The van der Waals surface area contributed by atoms with Crippen LogP contribution in [0.5, 0.6) is 0 Å². The van der Waals surface area contributed by atoms with Crippen LogP contribution in [0.2, 0.25) is 0 Å².